The quantitative estimate of drug-likeness (QED) is 0.943. The second-order valence-corrected chi connectivity index (χ2v) is 4.61. The fourth-order valence-corrected chi connectivity index (χ4v) is 2.18. The van der Waals surface area contributed by atoms with Crippen molar-refractivity contribution in [2.75, 3.05) is 0 Å². The van der Waals surface area contributed by atoms with Crippen LogP contribution < -0.4 is 0 Å². The van der Waals surface area contributed by atoms with Gasteiger partial charge < -0.3 is 5.11 Å². The summed E-state index contributed by atoms with van der Waals surface area (Å²) in [5.74, 6) is 0. The van der Waals surface area contributed by atoms with Crippen LogP contribution in [-0.2, 0) is 6.54 Å². The molecule has 1 atom stereocenters. The third kappa shape index (κ3) is 2.56. The fraction of sp³-hybridized carbons (Fsp3) is 0.333. The Bertz CT molecular complexity index is 498. The smallest absolute Gasteiger partial charge is 0.139 e. The molecule has 90 valence electrons. The molecule has 0 saturated carbocycles. The molecule has 0 aliphatic carbocycles. The third-order valence-corrected chi connectivity index (χ3v) is 3.18. The second-order valence-electron chi connectivity index (χ2n) is 3.75. The predicted octanol–water partition coefficient (Wildman–Crippen LogP) is 2.53. The van der Waals surface area contributed by atoms with E-state index in [0.29, 0.717) is 5.69 Å². The molecule has 2 aromatic heterocycles. The van der Waals surface area contributed by atoms with Gasteiger partial charge in [0.15, 0.2) is 0 Å². The highest BCUT2D eigenvalue weighted by Crippen LogP contribution is 2.26. The monoisotopic (exact) mass is 295 g/mol. The van der Waals surface area contributed by atoms with E-state index in [4.69, 9.17) is 0 Å². The van der Waals surface area contributed by atoms with Gasteiger partial charge in [0.05, 0.1) is 11.4 Å². The first-order valence-electron chi connectivity index (χ1n) is 5.54. The molecule has 0 bridgehead atoms. The molecule has 1 unspecified atom stereocenters. The van der Waals surface area contributed by atoms with Crippen LogP contribution in [0.4, 0.5) is 0 Å². The number of rotatable bonds is 4. The summed E-state index contributed by atoms with van der Waals surface area (Å²) >= 11 is 3.39. The van der Waals surface area contributed by atoms with E-state index >= 15 is 0 Å². The van der Waals surface area contributed by atoms with Gasteiger partial charge in [-0.3, -0.25) is 9.67 Å². The SMILES string of the molecule is CCCn1nccc1C(O)c1ncccc1Br. The zero-order valence-corrected chi connectivity index (χ0v) is 11.1. The van der Waals surface area contributed by atoms with Crippen molar-refractivity contribution in [3.8, 4) is 0 Å². The first-order chi connectivity index (χ1) is 8.24. The number of aromatic nitrogens is 3. The van der Waals surface area contributed by atoms with Gasteiger partial charge in [-0.05, 0) is 40.5 Å². The van der Waals surface area contributed by atoms with E-state index in [2.05, 4.69) is 32.9 Å². The Hall–Kier alpha value is -1.20. The molecule has 0 aliphatic rings. The number of halogens is 1. The van der Waals surface area contributed by atoms with Crippen LogP contribution in [0.15, 0.2) is 35.1 Å². The number of nitrogens with zero attached hydrogens (tertiary/aromatic N) is 3. The number of pyridine rings is 1. The first kappa shape index (κ1) is 12.3. The summed E-state index contributed by atoms with van der Waals surface area (Å²) in [5.41, 5.74) is 1.39. The highest BCUT2D eigenvalue weighted by Gasteiger charge is 2.18. The fourth-order valence-electron chi connectivity index (χ4n) is 1.71. The van der Waals surface area contributed by atoms with Crippen LogP contribution in [0.2, 0.25) is 0 Å². The summed E-state index contributed by atoms with van der Waals surface area (Å²) in [4.78, 5) is 4.20. The highest BCUT2D eigenvalue weighted by molar-refractivity contribution is 9.10. The minimum absolute atomic E-state index is 0.616. The number of aliphatic hydroxyl groups is 1. The van der Waals surface area contributed by atoms with Crippen LogP contribution in [0, 0.1) is 0 Å². The average Bonchev–Trinajstić information content (AvgIpc) is 2.78. The average molecular weight is 296 g/mol. The molecule has 0 radical (unpaired) electrons. The van der Waals surface area contributed by atoms with Gasteiger partial charge >= 0.3 is 0 Å². The van der Waals surface area contributed by atoms with Crippen LogP contribution in [-0.4, -0.2) is 19.9 Å². The van der Waals surface area contributed by atoms with Crippen molar-refractivity contribution in [2.45, 2.75) is 26.0 Å². The van der Waals surface area contributed by atoms with E-state index < -0.39 is 6.10 Å². The van der Waals surface area contributed by atoms with Gasteiger partial charge in [-0.25, -0.2) is 0 Å². The van der Waals surface area contributed by atoms with Crippen LogP contribution in [0.5, 0.6) is 0 Å². The lowest BCUT2D eigenvalue weighted by molar-refractivity contribution is 0.201. The molecule has 0 spiro atoms. The Kier molecular flexibility index (Phi) is 3.91. The standard InChI is InChI=1S/C12H14BrN3O/c1-2-8-16-10(5-7-15-16)12(17)11-9(13)4-3-6-14-11/h3-7,12,17H,2,8H2,1H3. The van der Waals surface area contributed by atoms with Crippen molar-refractivity contribution in [1.82, 2.24) is 14.8 Å². The third-order valence-electron chi connectivity index (χ3n) is 2.51. The van der Waals surface area contributed by atoms with Crippen molar-refractivity contribution in [3.63, 3.8) is 0 Å². The van der Waals surface area contributed by atoms with Gasteiger partial charge in [-0.2, -0.15) is 5.10 Å². The van der Waals surface area contributed by atoms with Gasteiger partial charge in [0, 0.05) is 23.4 Å². The number of hydrogen-bond acceptors (Lipinski definition) is 3. The predicted molar refractivity (Wildman–Crippen MR) is 68.5 cm³/mol. The Morgan fingerprint density at radius 1 is 1.41 bits per heavy atom. The molecule has 5 heteroatoms. The minimum atomic E-state index is -0.750. The summed E-state index contributed by atoms with van der Waals surface area (Å²) < 4.78 is 2.61. The molecule has 1 N–H and O–H groups in total. The molecule has 4 nitrogen and oxygen atoms in total. The molecule has 0 fully saturated rings. The zero-order chi connectivity index (χ0) is 12.3. The van der Waals surface area contributed by atoms with Crippen molar-refractivity contribution >= 4 is 15.9 Å². The lowest BCUT2D eigenvalue weighted by Crippen LogP contribution is -2.11. The lowest BCUT2D eigenvalue weighted by atomic mass is 10.1. The summed E-state index contributed by atoms with van der Waals surface area (Å²) in [6.45, 7) is 2.87. The van der Waals surface area contributed by atoms with E-state index in [1.807, 2.05) is 22.9 Å². The van der Waals surface area contributed by atoms with Gasteiger partial charge in [0.2, 0.25) is 0 Å². The highest BCUT2D eigenvalue weighted by atomic mass is 79.9. The van der Waals surface area contributed by atoms with Crippen LogP contribution in [0.25, 0.3) is 0 Å². The van der Waals surface area contributed by atoms with Gasteiger partial charge in [0.25, 0.3) is 0 Å². The molecule has 0 amide bonds. The molecule has 2 heterocycles. The van der Waals surface area contributed by atoms with E-state index in [1.165, 1.54) is 0 Å². The molecule has 0 aliphatic heterocycles. The van der Waals surface area contributed by atoms with Gasteiger partial charge in [-0.1, -0.05) is 6.92 Å². The molecule has 0 aromatic carbocycles. The van der Waals surface area contributed by atoms with E-state index in [9.17, 15) is 5.11 Å². The van der Waals surface area contributed by atoms with Crippen molar-refractivity contribution < 1.29 is 5.11 Å². The maximum absolute atomic E-state index is 10.3. The van der Waals surface area contributed by atoms with Crippen molar-refractivity contribution in [1.29, 1.82) is 0 Å². The number of aliphatic hydroxyl groups excluding tert-OH is 1. The van der Waals surface area contributed by atoms with E-state index in [1.54, 1.807) is 12.4 Å². The van der Waals surface area contributed by atoms with Gasteiger partial charge in [-0.15, -0.1) is 0 Å². The number of hydrogen-bond donors (Lipinski definition) is 1. The molecule has 0 saturated heterocycles. The van der Waals surface area contributed by atoms with Crippen molar-refractivity contribution in [2.24, 2.45) is 0 Å². The Labute approximate surface area is 108 Å². The normalized spacial score (nSPS) is 12.6. The van der Waals surface area contributed by atoms with Crippen molar-refractivity contribution in [3.05, 3.63) is 46.5 Å². The van der Waals surface area contributed by atoms with Gasteiger partial charge in [0.1, 0.15) is 6.10 Å². The lowest BCUT2D eigenvalue weighted by Gasteiger charge is -2.13. The summed E-state index contributed by atoms with van der Waals surface area (Å²) in [5, 5.41) is 14.5. The van der Waals surface area contributed by atoms with Crippen LogP contribution in [0.3, 0.4) is 0 Å². The molecule has 17 heavy (non-hydrogen) atoms. The zero-order valence-electron chi connectivity index (χ0n) is 9.55. The van der Waals surface area contributed by atoms with E-state index in [0.717, 1.165) is 23.1 Å². The first-order valence-corrected chi connectivity index (χ1v) is 6.33. The maximum atomic E-state index is 10.3. The Morgan fingerprint density at radius 3 is 2.94 bits per heavy atom. The van der Waals surface area contributed by atoms with E-state index in [-0.39, 0.29) is 0 Å². The summed E-state index contributed by atoms with van der Waals surface area (Å²) in [7, 11) is 0. The largest absolute Gasteiger partial charge is 0.380 e. The van der Waals surface area contributed by atoms with Crippen LogP contribution in [0.1, 0.15) is 30.8 Å². The topological polar surface area (TPSA) is 50.9 Å². The summed E-state index contributed by atoms with van der Waals surface area (Å²) in [6.07, 6.45) is 3.60. The number of aryl methyl sites for hydroxylation is 1. The molecule has 2 aromatic rings. The molecule has 2 rings (SSSR count). The maximum Gasteiger partial charge on any atom is 0.139 e. The molecular weight excluding hydrogens is 282 g/mol. The Morgan fingerprint density at radius 2 is 2.24 bits per heavy atom. The Balaban J connectivity index is 2.34. The minimum Gasteiger partial charge on any atom is -0.380 e. The van der Waals surface area contributed by atoms with Crippen LogP contribution >= 0.6 is 15.9 Å². The molecular formula is C12H14BrN3O. The second kappa shape index (κ2) is 5.42. The summed E-state index contributed by atoms with van der Waals surface area (Å²) in [6, 6.07) is 5.51.